The summed E-state index contributed by atoms with van der Waals surface area (Å²) in [4.78, 5) is 4.19. The molecule has 3 rings (SSSR count). The van der Waals surface area contributed by atoms with Crippen LogP contribution in [0.2, 0.25) is 5.02 Å². The highest BCUT2D eigenvalue weighted by molar-refractivity contribution is 6.30. The van der Waals surface area contributed by atoms with Crippen LogP contribution in [-0.4, -0.2) is 15.9 Å². The molecular formula is C23H19ClN2O2. The van der Waals surface area contributed by atoms with E-state index >= 15 is 0 Å². The molecule has 28 heavy (non-hydrogen) atoms. The van der Waals surface area contributed by atoms with Gasteiger partial charge in [0.15, 0.2) is 0 Å². The molecule has 0 spiro atoms. The van der Waals surface area contributed by atoms with Crippen LogP contribution in [0, 0.1) is 0 Å². The Balaban J connectivity index is 1.56. The van der Waals surface area contributed by atoms with Gasteiger partial charge in [-0.05, 0) is 65.8 Å². The van der Waals surface area contributed by atoms with Gasteiger partial charge < -0.3 is 9.94 Å². The van der Waals surface area contributed by atoms with E-state index in [4.69, 9.17) is 21.5 Å². The van der Waals surface area contributed by atoms with E-state index in [9.17, 15) is 0 Å². The zero-order chi connectivity index (χ0) is 19.6. The predicted octanol–water partition coefficient (Wildman–Crippen LogP) is 5.87. The predicted molar refractivity (Wildman–Crippen MR) is 114 cm³/mol. The first-order valence-electron chi connectivity index (χ1n) is 8.69. The van der Waals surface area contributed by atoms with Crippen molar-refractivity contribution < 1.29 is 9.94 Å². The van der Waals surface area contributed by atoms with Crippen LogP contribution in [0.3, 0.4) is 0 Å². The van der Waals surface area contributed by atoms with Gasteiger partial charge in [-0.1, -0.05) is 53.2 Å². The Kier molecular flexibility index (Phi) is 6.99. The van der Waals surface area contributed by atoms with Gasteiger partial charge in [-0.3, -0.25) is 4.98 Å². The van der Waals surface area contributed by atoms with Crippen molar-refractivity contribution in [1.82, 2.24) is 4.98 Å². The van der Waals surface area contributed by atoms with Crippen LogP contribution < -0.4 is 4.74 Å². The molecule has 3 aromatic rings. The molecule has 2 aromatic carbocycles. The summed E-state index contributed by atoms with van der Waals surface area (Å²) in [5.41, 5.74) is 3.23. The number of hydrogen-bond acceptors (Lipinski definition) is 4. The summed E-state index contributed by atoms with van der Waals surface area (Å²) in [6.07, 6.45) is 8.78. The molecular weight excluding hydrogens is 372 g/mol. The Morgan fingerprint density at radius 3 is 2.39 bits per heavy atom. The number of hydrogen-bond donors (Lipinski definition) is 1. The summed E-state index contributed by atoms with van der Waals surface area (Å²) in [5, 5.41) is 13.2. The number of benzene rings is 2. The third-order valence-electron chi connectivity index (χ3n) is 3.87. The summed E-state index contributed by atoms with van der Waals surface area (Å²) in [7, 11) is 0. The molecule has 0 aliphatic carbocycles. The number of allylic oxidation sites excluding steroid dienone is 2. The van der Waals surface area contributed by atoms with E-state index in [1.165, 1.54) is 0 Å². The molecule has 1 heterocycles. The summed E-state index contributed by atoms with van der Waals surface area (Å²) in [5.74, 6) is 0.776. The van der Waals surface area contributed by atoms with E-state index in [1.54, 1.807) is 24.4 Å². The van der Waals surface area contributed by atoms with Crippen LogP contribution in [0.15, 0.2) is 90.2 Å². The van der Waals surface area contributed by atoms with Gasteiger partial charge in [0, 0.05) is 11.2 Å². The van der Waals surface area contributed by atoms with Crippen LogP contribution >= 0.6 is 11.6 Å². The molecule has 1 aromatic heterocycles. The van der Waals surface area contributed by atoms with Gasteiger partial charge in [-0.25, -0.2) is 0 Å². The largest absolute Gasteiger partial charge is 0.489 e. The second-order valence-electron chi connectivity index (χ2n) is 5.93. The number of oxime groups is 1. The molecule has 0 aliphatic rings. The Bertz CT molecular complexity index is 964. The standard InChI is InChI=1S/C23H19ClN2O2/c24-20-9-4-19(5-10-20)17-28-23-14-7-18(8-15-23)6-11-22(26-27)13-12-21-3-1-2-16-25-21/h1-16,27H,17H2. The first-order chi connectivity index (χ1) is 13.7. The molecule has 0 saturated carbocycles. The van der Waals surface area contributed by atoms with E-state index in [0.717, 1.165) is 22.6 Å². The van der Waals surface area contributed by atoms with Gasteiger partial charge in [0.1, 0.15) is 18.1 Å². The average molecular weight is 391 g/mol. The minimum absolute atomic E-state index is 0.425. The van der Waals surface area contributed by atoms with Crippen molar-refractivity contribution in [2.45, 2.75) is 6.61 Å². The van der Waals surface area contributed by atoms with Crippen LogP contribution in [-0.2, 0) is 6.61 Å². The molecule has 5 heteroatoms. The maximum Gasteiger partial charge on any atom is 0.119 e. The summed E-state index contributed by atoms with van der Waals surface area (Å²) < 4.78 is 5.77. The number of ether oxygens (including phenoxy) is 1. The van der Waals surface area contributed by atoms with Crippen LogP contribution in [0.5, 0.6) is 5.75 Å². The maximum absolute atomic E-state index is 9.16. The van der Waals surface area contributed by atoms with E-state index < -0.39 is 0 Å². The highest BCUT2D eigenvalue weighted by Gasteiger charge is 1.97. The molecule has 1 N–H and O–H groups in total. The highest BCUT2D eigenvalue weighted by Crippen LogP contribution is 2.16. The van der Waals surface area contributed by atoms with E-state index in [2.05, 4.69) is 10.1 Å². The Hall–Kier alpha value is -3.37. The molecule has 0 bridgehead atoms. The minimum atomic E-state index is 0.425. The molecule has 0 unspecified atom stereocenters. The van der Waals surface area contributed by atoms with Crippen LogP contribution in [0.1, 0.15) is 16.8 Å². The van der Waals surface area contributed by atoms with Crippen molar-refractivity contribution in [1.29, 1.82) is 0 Å². The summed E-state index contributed by atoms with van der Waals surface area (Å²) >= 11 is 5.88. The van der Waals surface area contributed by atoms with Gasteiger partial charge >= 0.3 is 0 Å². The average Bonchev–Trinajstić information content (AvgIpc) is 2.75. The fourth-order valence-corrected chi connectivity index (χ4v) is 2.50. The van der Waals surface area contributed by atoms with Crippen molar-refractivity contribution in [3.63, 3.8) is 0 Å². The van der Waals surface area contributed by atoms with Crippen LogP contribution in [0.4, 0.5) is 0 Å². The Morgan fingerprint density at radius 1 is 0.964 bits per heavy atom. The van der Waals surface area contributed by atoms with Crippen molar-refractivity contribution in [2.24, 2.45) is 5.16 Å². The first kappa shape index (κ1) is 19.4. The van der Waals surface area contributed by atoms with E-state index in [1.807, 2.05) is 72.8 Å². The fraction of sp³-hybridized carbons (Fsp3) is 0.0435. The van der Waals surface area contributed by atoms with Crippen molar-refractivity contribution >= 4 is 29.5 Å². The lowest BCUT2D eigenvalue weighted by Crippen LogP contribution is -1.94. The summed E-state index contributed by atoms with van der Waals surface area (Å²) in [6, 6.07) is 20.9. The zero-order valence-electron chi connectivity index (χ0n) is 15.1. The Labute approximate surface area is 169 Å². The van der Waals surface area contributed by atoms with E-state index in [-0.39, 0.29) is 0 Å². The van der Waals surface area contributed by atoms with Gasteiger partial charge in [0.25, 0.3) is 0 Å². The molecule has 0 aliphatic heterocycles. The molecule has 140 valence electrons. The number of nitrogens with zero attached hydrogens (tertiary/aromatic N) is 2. The number of pyridine rings is 1. The van der Waals surface area contributed by atoms with Gasteiger partial charge in [0.05, 0.1) is 5.69 Å². The molecule has 0 atom stereocenters. The van der Waals surface area contributed by atoms with Crippen molar-refractivity contribution in [2.75, 3.05) is 0 Å². The topological polar surface area (TPSA) is 54.7 Å². The van der Waals surface area contributed by atoms with Gasteiger partial charge in [-0.2, -0.15) is 0 Å². The van der Waals surface area contributed by atoms with E-state index in [0.29, 0.717) is 17.3 Å². The fourth-order valence-electron chi connectivity index (χ4n) is 2.37. The SMILES string of the molecule is ON=C(C=Cc1ccc(OCc2ccc(Cl)cc2)cc1)C=Cc1ccccn1. The number of halogens is 1. The summed E-state index contributed by atoms with van der Waals surface area (Å²) in [6.45, 7) is 0.478. The van der Waals surface area contributed by atoms with Crippen LogP contribution in [0.25, 0.3) is 12.2 Å². The van der Waals surface area contributed by atoms with Gasteiger partial charge in [-0.15, -0.1) is 0 Å². The maximum atomic E-state index is 9.16. The zero-order valence-corrected chi connectivity index (χ0v) is 15.8. The lowest BCUT2D eigenvalue weighted by Gasteiger charge is -2.06. The van der Waals surface area contributed by atoms with Crippen molar-refractivity contribution in [3.05, 3.63) is 107 Å². The third kappa shape index (κ3) is 6.11. The molecule has 0 amide bonds. The smallest absolute Gasteiger partial charge is 0.119 e. The normalized spacial score (nSPS) is 12.0. The quantitative estimate of drug-likeness (QED) is 0.312. The minimum Gasteiger partial charge on any atom is -0.489 e. The molecule has 4 nitrogen and oxygen atoms in total. The highest BCUT2D eigenvalue weighted by atomic mass is 35.5. The number of aromatic nitrogens is 1. The molecule has 0 fully saturated rings. The lowest BCUT2D eigenvalue weighted by molar-refractivity contribution is 0.306. The van der Waals surface area contributed by atoms with Gasteiger partial charge in [0.2, 0.25) is 0 Å². The lowest BCUT2D eigenvalue weighted by atomic mass is 10.1. The monoisotopic (exact) mass is 390 g/mol. The Morgan fingerprint density at radius 2 is 1.71 bits per heavy atom. The molecule has 0 radical (unpaired) electrons. The van der Waals surface area contributed by atoms with Crippen molar-refractivity contribution in [3.8, 4) is 5.75 Å². The third-order valence-corrected chi connectivity index (χ3v) is 4.13. The number of rotatable bonds is 7. The first-order valence-corrected chi connectivity index (χ1v) is 9.07. The second kappa shape index (κ2) is 10.1. The second-order valence-corrected chi connectivity index (χ2v) is 6.37. The molecule has 0 saturated heterocycles.